The topological polar surface area (TPSA) is 61.4 Å². The molecule has 3 saturated heterocycles. The van der Waals surface area contributed by atoms with Gasteiger partial charge in [0.1, 0.15) is 6.29 Å². The molecule has 4 fully saturated rings. The monoisotopic (exact) mass is 443 g/mol. The van der Waals surface area contributed by atoms with Gasteiger partial charge in [0.15, 0.2) is 0 Å². The first-order chi connectivity index (χ1) is 15.6. The molecule has 0 radical (unpaired) electrons. The largest absolute Gasteiger partial charge is 0.332 e. The van der Waals surface area contributed by atoms with Gasteiger partial charge < -0.3 is 15.0 Å². The Morgan fingerprint density at radius 3 is 1.88 bits per heavy atom. The molecule has 1 saturated carbocycles. The molecular weight excluding hydrogens is 398 g/mol. The molecule has 2 unspecified atom stereocenters. The summed E-state index contributed by atoms with van der Waals surface area (Å²) in [5.41, 5.74) is 1.28. The molecule has 180 valence electrons. The molecule has 6 heteroatoms. The number of carbonyl (C=O) groups is 1. The summed E-state index contributed by atoms with van der Waals surface area (Å²) in [6, 6.07) is 1.84. The summed E-state index contributed by atoms with van der Waals surface area (Å²) in [5, 5.41) is 3.32. The van der Waals surface area contributed by atoms with Crippen LogP contribution in [0.15, 0.2) is 12.4 Å². The number of fused-ring (bicyclic) bond motifs is 2. The van der Waals surface area contributed by atoms with Crippen LogP contribution in [0.2, 0.25) is 0 Å². The molecule has 4 heterocycles. The van der Waals surface area contributed by atoms with Gasteiger partial charge in [-0.15, -0.1) is 0 Å². The molecule has 1 aliphatic carbocycles. The van der Waals surface area contributed by atoms with Crippen molar-refractivity contribution in [3.8, 4) is 0 Å². The zero-order valence-corrected chi connectivity index (χ0v) is 20.6. The number of aldehydes is 1. The standard InChI is InChI=1S/C17H27N5.C6H12.C3H6O/c1-12(2)21-10-15-3-4-16(11-21)22(15)17-19-8-14(9-20-17)5-13-6-18-7-13;1-2-4-6-5-3-1;1-2-3-4/h8-9,12-13,15-16,18H,3-7,10-11H2,1-2H3;1-6H2;3H,2H2,1H3. The number of piperazine rings is 1. The van der Waals surface area contributed by atoms with E-state index in [1.807, 2.05) is 6.92 Å². The normalized spacial score (nSPS) is 25.3. The van der Waals surface area contributed by atoms with Crippen molar-refractivity contribution in [3.05, 3.63) is 18.0 Å². The van der Waals surface area contributed by atoms with Crippen molar-refractivity contribution in [3.63, 3.8) is 0 Å². The van der Waals surface area contributed by atoms with E-state index in [2.05, 4.69) is 41.4 Å². The smallest absolute Gasteiger partial charge is 0.225 e. The van der Waals surface area contributed by atoms with Crippen LogP contribution in [0.1, 0.15) is 84.1 Å². The molecular formula is C26H45N5O. The second-order valence-corrected chi connectivity index (χ2v) is 10.2. The highest BCUT2D eigenvalue weighted by Crippen LogP contribution is 2.33. The maximum absolute atomic E-state index is 9.17. The van der Waals surface area contributed by atoms with Gasteiger partial charge in [0.2, 0.25) is 5.95 Å². The van der Waals surface area contributed by atoms with E-state index in [9.17, 15) is 4.79 Å². The Kier molecular flexibility index (Phi) is 10.4. The minimum atomic E-state index is 0.600. The SMILES string of the molecule is C1CCCCC1.CC(C)N1CC2CCC(C1)N2c1ncc(CC2CNC2)cn1.CCC=O. The maximum atomic E-state index is 9.17. The molecule has 1 N–H and O–H groups in total. The van der Waals surface area contributed by atoms with Crippen LogP contribution in [0, 0.1) is 5.92 Å². The molecule has 5 rings (SSSR count). The molecule has 0 aromatic carbocycles. The van der Waals surface area contributed by atoms with E-state index in [-0.39, 0.29) is 0 Å². The number of carbonyl (C=O) groups excluding carboxylic acids is 1. The van der Waals surface area contributed by atoms with Gasteiger partial charge in [0.05, 0.1) is 0 Å². The highest BCUT2D eigenvalue weighted by atomic mass is 16.1. The number of nitrogens with one attached hydrogen (secondary N) is 1. The van der Waals surface area contributed by atoms with Gasteiger partial charge in [-0.3, -0.25) is 4.90 Å². The Bertz CT molecular complexity index is 631. The summed E-state index contributed by atoms with van der Waals surface area (Å²) in [4.78, 5) is 23.7. The average Bonchev–Trinajstić information content (AvgIpc) is 3.07. The van der Waals surface area contributed by atoms with E-state index in [1.165, 1.54) is 56.9 Å². The molecule has 1 aromatic heterocycles. The Balaban J connectivity index is 0.000000241. The number of hydrogen-bond acceptors (Lipinski definition) is 6. The van der Waals surface area contributed by atoms with Crippen LogP contribution in [0.4, 0.5) is 5.95 Å². The third-order valence-corrected chi connectivity index (χ3v) is 7.22. The van der Waals surface area contributed by atoms with Crippen molar-refractivity contribution in [2.75, 3.05) is 31.1 Å². The highest BCUT2D eigenvalue weighted by Gasteiger charge is 2.41. The molecule has 3 aliphatic heterocycles. The Morgan fingerprint density at radius 1 is 1.00 bits per heavy atom. The fourth-order valence-corrected chi connectivity index (χ4v) is 5.16. The van der Waals surface area contributed by atoms with Crippen molar-refractivity contribution in [2.24, 2.45) is 5.92 Å². The lowest BCUT2D eigenvalue weighted by molar-refractivity contribution is -0.107. The molecule has 4 aliphatic rings. The van der Waals surface area contributed by atoms with Crippen LogP contribution in [0.3, 0.4) is 0 Å². The highest BCUT2D eigenvalue weighted by molar-refractivity contribution is 5.48. The fraction of sp³-hybridized carbons (Fsp3) is 0.808. The minimum absolute atomic E-state index is 0.600. The molecule has 6 nitrogen and oxygen atoms in total. The fourth-order valence-electron chi connectivity index (χ4n) is 5.16. The van der Waals surface area contributed by atoms with E-state index in [0.29, 0.717) is 24.5 Å². The average molecular weight is 444 g/mol. The first kappa shape index (κ1) is 25.1. The van der Waals surface area contributed by atoms with Gasteiger partial charge in [0.25, 0.3) is 0 Å². The van der Waals surface area contributed by atoms with Crippen LogP contribution >= 0.6 is 0 Å². The molecule has 0 spiro atoms. The summed E-state index contributed by atoms with van der Waals surface area (Å²) < 4.78 is 0. The van der Waals surface area contributed by atoms with Crippen LogP contribution < -0.4 is 10.2 Å². The van der Waals surface area contributed by atoms with Gasteiger partial charge >= 0.3 is 0 Å². The van der Waals surface area contributed by atoms with E-state index >= 15 is 0 Å². The Hall–Kier alpha value is -1.53. The summed E-state index contributed by atoms with van der Waals surface area (Å²) >= 11 is 0. The number of aromatic nitrogens is 2. The van der Waals surface area contributed by atoms with Crippen molar-refractivity contribution in [2.45, 2.75) is 103 Å². The van der Waals surface area contributed by atoms with Gasteiger partial charge in [-0.2, -0.15) is 0 Å². The summed E-state index contributed by atoms with van der Waals surface area (Å²) in [5.74, 6) is 1.73. The molecule has 0 amide bonds. The van der Waals surface area contributed by atoms with Crippen molar-refractivity contribution < 1.29 is 4.79 Å². The number of nitrogens with zero attached hydrogens (tertiary/aromatic N) is 4. The quantitative estimate of drug-likeness (QED) is 0.687. The predicted molar refractivity (Wildman–Crippen MR) is 132 cm³/mol. The van der Waals surface area contributed by atoms with Crippen LogP contribution in [0.5, 0.6) is 0 Å². The number of anilines is 1. The molecule has 2 bridgehead atoms. The summed E-state index contributed by atoms with van der Waals surface area (Å²) in [7, 11) is 0. The third-order valence-electron chi connectivity index (χ3n) is 7.22. The lowest BCUT2D eigenvalue weighted by Crippen LogP contribution is -2.56. The molecule has 2 atom stereocenters. The van der Waals surface area contributed by atoms with E-state index in [4.69, 9.17) is 9.97 Å². The minimum Gasteiger partial charge on any atom is -0.332 e. The summed E-state index contributed by atoms with van der Waals surface area (Å²) in [6.45, 7) is 11.0. The first-order valence-electron chi connectivity index (χ1n) is 13.1. The van der Waals surface area contributed by atoms with Crippen LogP contribution in [-0.4, -0.2) is 65.5 Å². The van der Waals surface area contributed by atoms with E-state index in [1.54, 1.807) is 0 Å². The molecule has 32 heavy (non-hydrogen) atoms. The third kappa shape index (κ3) is 7.24. The number of rotatable bonds is 5. The van der Waals surface area contributed by atoms with Crippen molar-refractivity contribution in [1.29, 1.82) is 0 Å². The summed E-state index contributed by atoms with van der Waals surface area (Å²) in [6.07, 6.45) is 18.3. The molecule has 1 aromatic rings. The zero-order valence-electron chi connectivity index (χ0n) is 20.6. The second-order valence-electron chi connectivity index (χ2n) is 10.2. The van der Waals surface area contributed by atoms with Gasteiger partial charge in [0, 0.05) is 50.0 Å². The number of hydrogen-bond donors (Lipinski definition) is 1. The van der Waals surface area contributed by atoms with Gasteiger partial charge in [-0.1, -0.05) is 45.4 Å². The van der Waals surface area contributed by atoms with E-state index < -0.39 is 0 Å². The maximum Gasteiger partial charge on any atom is 0.225 e. The number of likely N-dealkylation sites (tertiary alicyclic amines) is 1. The lowest BCUT2D eigenvalue weighted by Gasteiger charge is -2.42. The Labute approximate surface area is 195 Å². The van der Waals surface area contributed by atoms with Crippen LogP contribution in [0.25, 0.3) is 0 Å². The predicted octanol–water partition coefficient (Wildman–Crippen LogP) is 4.24. The van der Waals surface area contributed by atoms with E-state index in [0.717, 1.165) is 50.8 Å². The van der Waals surface area contributed by atoms with Gasteiger partial charge in [-0.25, -0.2) is 9.97 Å². The first-order valence-corrected chi connectivity index (χ1v) is 13.1. The zero-order chi connectivity index (χ0) is 22.8. The Morgan fingerprint density at radius 2 is 1.50 bits per heavy atom. The van der Waals surface area contributed by atoms with Crippen molar-refractivity contribution >= 4 is 12.2 Å². The lowest BCUT2D eigenvalue weighted by atomic mass is 9.96. The second kappa shape index (κ2) is 13.2. The van der Waals surface area contributed by atoms with Crippen molar-refractivity contribution in [1.82, 2.24) is 20.2 Å². The van der Waals surface area contributed by atoms with Crippen LogP contribution in [-0.2, 0) is 11.2 Å². The van der Waals surface area contributed by atoms with Gasteiger partial charge in [-0.05, 0) is 57.7 Å².